The average molecular weight is 282 g/mol. The van der Waals surface area contributed by atoms with Crippen LogP contribution in [0.25, 0.3) is 9.65 Å². The van der Waals surface area contributed by atoms with Gasteiger partial charge < -0.3 is 0 Å². The van der Waals surface area contributed by atoms with Crippen molar-refractivity contribution in [2.75, 3.05) is 20.1 Å². The van der Waals surface area contributed by atoms with Gasteiger partial charge >= 0.3 is 100 Å². The number of fused-ring (bicyclic) bond motifs is 3. The Bertz CT molecular complexity index is 532. The molecule has 0 N–H and O–H groups in total. The van der Waals surface area contributed by atoms with Gasteiger partial charge in [-0.1, -0.05) is 0 Å². The van der Waals surface area contributed by atoms with Crippen molar-refractivity contribution in [3.8, 4) is 0 Å². The van der Waals surface area contributed by atoms with Gasteiger partial charge in [-0.3, -0.25) is 0 Å². The topological polar surface area (TPSA) is 3.24 Å². The van der Waals surface area contributed by atoms with Crippen LogP contribution in [0.15, 0.2) is 18.2 Å². The van der Waals surface area contributed by atoms with Crippen LogP contribution < -0.4 is 0 Å². The minimum absolute atomic E-state index is 0.0876. The summed E-state index contributed by atoms with van der Waals surface area (Å²) in [6.45, 7) is 2.28. The summed E-state index contributed by atoms with van der Waals surface area (Å²) in [4.78, 5) is 2.39. The van der Waals surface area contributed by atoms with Crippen LogP contribution in [0.2, 0.25) is 0 Å². The van der Waals surface area contributed by atoms with Gasteiger partial charge in [0, 0.05) is 0 Å². The summed E-state index contributed by atoms with van der Waals surface area (Å²) >= 11 is 0.373. The number of benzene rings is 1. The van der Waals surface area contributed by atoms with E-state index in [1.165, 1.54) is 21.6 Å². The number of hydrogen-bond acceptors (Lipinski definition) is 1. The van der Waals surface area contributed by atoms with Crippen molar-refractivity contribution in [1.82, 2.24) is 4.90 Å². The fraction of sp³-hybridized carbons (Fsp3) is 0.385. The maximum atomic E-state index is 13.2. The summed E-state index contributed by atoms with van der Waals surface area (Å²) < 4.78 is 16.0. The second kappa shape index (κ2) is 3.99. The molecule has 1 aromatic carbocycles. The Kier molecular flexibility index (Phi) is 2.62. The molecule has 0 amide bonds. The van der Waals surface area contributed by atoms with Gasteiger partial charge in [-0.05, 0) is 0 Å². The van der Waals surface area contributed by atoms with Crippen molar-refractivity contribution in [2.24, 2.45) is 0 Å². The molecule has 1 nitrogen and oxygen atoms in total. The van der Waals surface area contributed by atoms with Crippen LogP contribution in [0.1, 0.15) is 10.0 Å². The van der Waals surface area contributed by atoms with E-state index in [0.717, 1.165) is 19.5 Å². The van der Waals surface area contributed by atoms with Gasteiger partial charge in [0.1, 0.15) is 0 Å². The van der Waals surface area contributed by atoms with Crippen LogP contribution in [0, 0.1) is 5.82 Å². The van der Waals surface area contributed by atoms with Crippen LogP contribution in [-0.4, -0.2) is 39.5 Å². The first-order chi connectivity index (χ1) is 7.74. The summed E-state index contributed by atoms with van der Waals surface area (Å²) in [5.74, 6) is -0.0876. The molecule has 0 bridgehead atoms. The number of halogens is 1. The molecule has 0 fully saturated rings. The van der Waals surface area contributed by atoms with Crippen molar-refractivity contribution in [2.45, 2.75) is 12.8 Å². The van der Waals surface area contributed by atoms with Crippen LogP contribution >= 0.6 is 0 Å². The molecule has 0 saturated heterocycles. The molecule has 2 aromatic rings. The van der Waals surface area contributed by atoms with E-state index in [9.17, 15) is 4.39 Å². The van der Waals surface area contributed by atoms with Gasteiger partial charge in [0.15, 0.2) is 0 Å². The average Bonchev–Trinajstić information content (AvgIpc) is 2.50. The summed E-state index contributed by atoms with van der Waals surface area (Å²) in [5, 5.41) is 1.33. The Morgan fingerprint density at radius 3 is 2.94 bits per heavy atom. The third-order valence-electron chi connectivity index (χ3n) is 3.30. The number of nitrogens with zero attached hydrogens (tertiary/aromatic N) is 1. The molecule has 0 atom stereocenters. The minimum atomic E-state index is -0.0876. The first-order valence-corrected chi connectivity index (χ1v) is 7.34. The fourth-order valence-electron chi connectivity index (χ4n) is 2.36. The summed E-state index contributed by atoms with van der Waals surface area (Å²) in [6, 6.07) is 5.30. The van der Waals surface area contributed by atoms with E-state index in [2.05, 4.69) is 11.9 Å². The summed E-state index contributed by atoms with van der Waals surface area (Å²) in [5.41, 5.74) is 1.51. The third kappa shape index (κ3) is 1.73. The molecule has 84 valence electrons. The second-order valence-electron chi connectivity index (χ2n) is 4.45. The first-order valence-electron chi connectivity index (χ1n) is 5.62. The van der Waals surface area contributed by atoms with E-state index >= 15 is 0 Å². The molecule has 0 radical (unpaired) electrons. The number of rotatable bonds is 0. The number of hydrogen-bond donors (Lipinski definition) is 0. The molecule has 0 spiro atoms. The van der Waals surface area contributed by atoms with Crippen LogP contribution in [0.3, 0.4) is 0 Å². The van der Waals surface area contributed by atoms with Gasteiger partial charge in [0.25, 0.3) is 0 Å². The zero-order valence-corrected chi connectivity index (χ0v) is 11.0. The van der Waals surface area contributed by atoms with Crippen LogP contribution in [0.4, 0.5) is 4.39 Å². The standard InChI is InChI=1S/C13H14FNSe/c1-15-6-4-11-10-3-2-9(14)8-13(10)16-12(11)5-7-15/h2-3,8H,4-7H2,1H3. The fourth-order valence-corrected chi connectivity index (χ4v) is 5.02. The van der Waals surface area contributed by atoms with E-state index in [4.69, 9.17) is 0 Å². The Hall–Kier alpha value is -0.631. The van der Waals surface area contributed by atoms with Crippen LogP contribution in [0.5, 0.6) is 0 Å². The van der Waals surface area contributed by atoms with E-state index in [1.807, 2.05) is 6.07 Å². The molecule has 3 heteroatoms. The molecule has 2 heterocycles. The molecule has 16 heavy (non-hydrogen) atoms. The van der Waals surface area contributed by atoms with Crippen molar-refractivity contribution in [1.29, 1.82) is 0 Å². The molecule has 0 saturated carbocycles. The van der Waals surface area contributed by atoms with Gasteiger partial charge in [-0.25, -0.2) is 0 Å². The Balaban J connectivity index is 2.15. The van der Waals surface area contributed by atoms with E-state index in [1.54, 1.807) is 16.6 Å². The first kappa shape index (κ1) is 10.5. The van der Waals surface area contributed by atoms with Crippen molar-refractivity contribution >= 4 is 24.1 Å². The third-order valence-corrected chi connectivity index (χ3v) is 5.93. The van der Waals surface area contributed by atoms with E-state index < -0.39 is 0 Å². The van der Waals surface area contributed by atoms with Gasteiger partial charge in [0.05, 0.1) is 0 Å². The van der Waals surface area contributed by atoms with Gasteiger partial charge in [-0.15, -0.1) is 0 Å². The normalized spacial score (nSPS) is 17.4. The van der Waals surface area contributed by atoms with Gasteiger partial charge in [-0.2, -0.15) is 0 Å². The molecule has 1 aliphatic heterocycles. The zero-order chi connectivity index (χ0) is 11.1. The molecular formula is C13H14FNSe. The Morgan fingerprint density at radius 1 is 1.25 bits per heavy atom. The van der Waals surface area contributed by atoms with E-state index in [-0.39, 0.29) is 5.82 Å². The Morgan fingerprint density at radius 2 is 2.06 bits per heavy atom. The van der Waals surface area contributed by atoms with Gasteiger partial charge in [0.2, 0.25) is 0 Å². The predicted octanol–water partition coefficient (Wildman–Crippen LogP) is 2.07. The second-order valence-corrected chi connectivity index (χ2v) is 6.83. The Labute approximate surface area is 101 Å². The maximum absolute atomic E-state index is 13.2. The zero-order valence-electron chi connectivity index (χ0n) is 9.29. The molecule has 1 aromatic heterocycles. The van der Waals surface area contributed by atoms with Crippen molar-refractivity contribution < 1.29 is 4.39 Å². The number of likely N-dealkylation sites (N-methyl/N-ethyl adjacent to an activating group) is 1. The van der Waals surface area contributed by atoms with Crippen molar-refractivity contribution in [3.05, 3.63) is 34.0 Å². The monoisotopic (exact) mass is 283 g/mol. The SMILES string of the molecule is CN1CCc2[se]c3cc(F)ccc3c2CC1. The van der Waals surface area contributed by atoms with E-state index in [0.29, 0.717) is 14.5 Å². The molecule has 3 rings (SSSR count). The van der Waals surface area contributed by atoms with Crippen molar-refractivity contribution in [3.63, 3.8) is 0 Å². The quantitative estimate of drug-likeness (QED) is 0.669. The van der Waals surface area contributed by atoms with Crippen LogP contribution in [-0.2, 0) is 12.8 Å². The molecule has 0 aliphatic carbocycles. The molecular weight excluding hydrogens is 268 g/mol. The molecule has 1 aliphatic rings. The predicted molar refractivity (Wildman–Crippen MR) is 65.8 cm³/mol. The summed E-state index contributed by atoms with van der Waals surface area (Å²) in [6.07, 6.45) is 2.30. The summed E-state index contributed by atoms with van der Waals surface area (Å²) in [7, 11) is 2.18. The molecule has 0 unspecified atom stereocenters.